The van der Waals surface area contributed by atoms with E-state index in [2.05, 4.69) is 258 Å². The Bertz CT molecular complexity index is 4360. The largest absolute Gasteiger partial charge is 0.456 e. The second kappa shape index (κ2) is 14.9. The minimum Gasteiger partial charge on any atom is -0.456 e. The van der Waals surface area contributed by atoms with E-state index in [1.54, 1.807) is 0 Å². The van der Waals surface area contributed by atoms with E-state index in [1.807, 2.05) is 6.07 Å². The fraction of sp³-hybridized carbons (Fsp3) is 0.0149. The molecule has 0 saturated carbocycles. The number of nitrogens with zero attached hydrogens (tertiary/aromatic N) is 2. The summed E-state index contributed by atoms with van der Waals surface area (Å²) in [5.74, 6) is 0. The maximum absolute atomic E-state index is 6.27. The number of benzene rings is 11. The monoisotopic (exact) mass is 890 g/mol. The van der Waals surface area contributed by atoms with Crippen molar-refractivity contribution in [2.75, 3.05) is 0 Å². The van der Waals surface area contributed by atoms with Gasteiger partial charge < -0.3 is 13.6 Å². The van der Waals surface area contributed by atoms with Gasteiger partial charge in [-0.25, -0.2) is 0 Å². The van der Waals surface area contributed by atoms with Gasteiger partial charge in [-0.15, -0.1) is 0 Å². The van der Waals surface area contributed by atoms with Crippen LogP contribution in [0.25, 0.3) is 110 Å². The molecule has 0 N–H and O–H groups in total. The fourth-order valence-corrected chi connectivity index (χ4v) is 12.2. The third-order valence-corrected chi connectivity index (χ3v) is 15.2. The first-order chi connectivity index (χ1) is 34.7. The molecule has 3 nitrogen and oxygen atoms in total. The van der Waals surface area contributed by atoms with Crippen molar-refractivity contribution in [1.82, 2.24) is 9.13 Å². The van der Waals surface area contributed by atoms with E-state index < -0.39 is 5.41 Å². The lowest BCUT2D eigenvalue weighted by atomic mass is 9.67. The highest BCUT2D eigenvalue weighted by atomic mass is 16.3. The summed E-state index contributed by atoms with van der Waals surface area (Å²) in [5, 5.41) is 7.23. The highest BCUT2D eigenvalue weighted by molar-refractivity contribution is 6.17. The van der Waals surface area contributed by atoms with Gasteiger partial charge >= 0.3 is 0 Å². The van der Waals surface area contributed by atoms with Crippen LogP contribution in [-0.4, -0.2) is 9.13 Å². The molecule has 0 unspecified atom stereocenters. The lowest BCUT2D eigenvalue weighted by Gasteiger charge is -2.34. The first-order valence-electron chi connectivity index (χ1n) is 24.2. The van der Waals surface area contributed by atoms with Gasteiger partial charge in [0, 0.05) is 43.7 Å². The highest BCUT2D eigenvalue weighted by Gasteiger charge is 2.46. The molecule has 0 saturated heterocycles. The van der Waals surface area contributed by atoms with Gasteiger partial charge in [0.2, 0.25) is 0 Å². The number of aromatic nitrogens is 2. The van der Waals surface area contributed by atoms with E-state index in [-0.39, 0.29) is 0 Å². The molecule has 3 heterocycles. The molecule has 70 heavy (non-hydrogen) atoms. The van der Waals surface area contributed by atoms with Crippen molar-refractivity contribution in [3.63, 3.8) is 0 Å². The second-order valence-corrected chi connectivity index (χ2v) is 18.8. The zero-order valence-corrected chi connectivity index (χ0v) is 38.1. The first-order valence-corrected chi connectivity index (χ1v) is 24.2. The topological polar surface area (TPSA) is 23.0 Å². The molecular weight excluding hydrogens is 849 g/mol. The Morgan fingerprint density at radius 1 is 0.286 bits per heavy atom. The predicted molar refractivity (Wildman–Crippen MR) is 291 cm³/mol. The lowest BCUT2D eigenvalue weighted by Crippen LogP contribution is -2.28. The summed E-state index contributed by atoms with van der Waals surface area (Å²) in [6.45, 7) is 0. The van der Waals surface area contributed by atoms with Gasteiger partial charge in [-0.3, -0.25) is 0 Å². The zero-order chi connectivity index (χ0) is 45.9. The summed E-state index contributed by atoms with van der Waals surface area (Å²) >= 11 is 0. The van der Waals surface area contributed by atoms with Crippen LogP contribution in [0.4, 0.5) is 0 Å². The standard InChI is InChI=1S/C67H42N2O/c1-4-17-46(18-5-1)67(47-19-6-2-7-20-47)58-40-44(43-33-38-65-57(39-43)55-24-12-15-30-64(55)70-65)31-35-51(58)52-37-34-49(42-59(52)67)69-61-28-14-11-25-56(61)66-50(26-16-29-62(66)69)45-32-36-54-53-23-10-13-27-60(53)68(63(54)41-45)48-21-8-3-9-22-48/h1-42H. The van der Waals surface area contributed by atoms with Crippen molar-refractivity contribution in [2.24, 2.45) is 0 Å². The van der Waals surface area contributed by atoms with Crippen molar-refractivity contribution < 1.29 is 4.42 Å². The van der Waals surface area contributed by atoms with E-state index in [4.69, 9.17) is 4.42 Å². The molecule has 0 atom stereocenters. The molecule has 0 aliphatic heterocycles. The van der Waals surface area contributed by atoms with Crippen LogP contribution < -0.4 is 0 Å². The Kier molecular flexibility index (Phi) is 8.28. The van der Waals surface area contributed by atoms with Crippen molar-refractivity contribution >= 4 is 65.6 Å². The van der Waals surface area contributed by atoms with Crippen molar-refractivity contribution in [3.05, 3.63) is 277 Å². The second-order valence-electron chi connectivity index (χ2n) is 18.8. The summed E-state index contributed by atoms with van der Waals surface area (Å²) in [5.41, 5.74) is 20.5. The molecule has 1 aliphatic rings. The van der Waals surface area contributed by atoms with Gasteiger partial charge in [-0.2, -0.15) is 0 Å². The quantitative estimate of drug-likeness (QED) is 0.163. The van der Waals surface area contributed by atoms with Crippen molar-refractivity contribution in [1.29, 1.82) is 0 Å². The molecular formula is C67H42N2O. The Morgan fingerprint density at radius 2 is 0.829 bits per heavy atom. The van der Waals surface area contributed by atoms with Crippen molar-refractivity contribution in [2.45, 2.75) is 5.41 Å². The van der Waals surface area contributed by atoms with E-state index >= 15 is 0 Å². The molecule has 1 aliphatic carbocycles. The van der Waals surface area contributed by atoms with Gasteiger partial charge in [0.25, 0.3) is 0 Å². The molecule has 326 valence electrons. The third kappa shape index (κ3) is 5.46. The van der Waals surface area contributed by atoms with E-state index in [0.29, 0.717) is 0 Å². The van der Waals surface area contributed by atoms with E-state index in [1.165, 1.54) is 93.7 Å². The molecule has 3 aromatic heterocycles. The molecule has 0 amide bonds. The SMILES string of the molecule is c1ccc(-n2c3ccccc3c3ccc(-c4cccc5c4c4ccccc4n5-c4ccc5c(c4)C(c4ccccc4)(c4ccccc4)c4cc(-c6ccc7oc8ccccc8c7c6)ccc4-5)cc32)cc1. The Balaban J connectivity index is 0.955. The smallest absolute Gasteiger partial charge is 0.135 e. The molecule has 3 heteroatoms. The fourth-order valence-electron chi connectivity index (χ4n) is 12.2. The van der Waals surface area contributed by atoms with Crippen LogP contribution in [-0.2, 0) is 5.41 Å². The van der Waals surface area contributed by atoms with Gasteiger partial charge in [0.1, 0.15) is 11.2 Å². The highest BCUT2D eigenvalue weighted by Crippen LogP contribution is 2.57. The summed E-state index contributed by atoms with van der Waals surface area (Å²) in [6.07, 6.45) is 0. The number of para-hydroxylation sites is 4. The number of rotatable bonds is 6. The number of hydrogen-bond acceptors (Lipinski definition) is 1. The molecule has 0 spiro atoms. The molecule has 0 radical (unpaired) electrons. The summed E-state index contributed by atoms with van der Waals surface area (Å²) in [7, 11) is 0. The minimum atomic E-state index is -0.609. The van der Waals surface area contributed by atoms with Gasteiger partial charge in [-0.1, -0.05) is 182 Å². The molecule has 0 bridgehead atoms. The van der Waals surface area contributed by atoms with Crippen LogP contribution >= 0.6 is 0 Å². The Hall–Kier alpha value is -9.18. The van der Waals surface area contributed by atoms with Gasteiger partial charge in [-0.05, 0) is 128 Å². The number of furan rings is 1. The predicted octanol–water partition coefficient (Wildman–Crippen LogP) is 17.5. The van der Waals surface area contributed by atoms with E-state index in [9.17, 15) is 0 Å². The first kappa shape index (κ1) is 38.9. The molecule has 15 rings (SSSR count). The molecule has 11 aromatic carbocycles. The normalized spacial score (nSPS) is 13.0. The Morgan fingerprint density at radius 3 is 1.60 bits per heavy atom. The van der Waals surface area contributed by atoms with Crippen LogP contribution in [0.2, 0.25) is 0 Å². The average molecular weight is 891 g/mol. The van der Waals surface area contributed by atoms with Crippen molar-refractivity contribution in [3.8, 4) is 44.8 Å². The number of hydrogen-bond donors (Lipinski definition) is 0. The van der Waals surface area contributed by atoms with Gasteiger partial charge in [0.05, 0.1) is 27.5 Å². The van der Waals surface area contributed by atoms with E-state index in [0.717, 1.165) is 38.9 Å². The maximum atomic E-state index is 6.27. The molecule has 14 aromatic rings. The lowest BCUT2D eigenvalue weighted by molar-refractivity contribution is 0.669. The minimum absolute atomic E-state index is 0.609. The van der Waals surface area contributed by atoms with Gasteiger partial charge in [0.15, 0.2) is 0 Å². The average Bonchev–Trinajstić information content (AvgIpc) is 4.16. The maximum Gasteiger partial charge on any atom is 0.135 e. The summed E-state index contributed by atoms with van der Waals surface area (Å²) in [4.78, 5) is 0. The van der Waals surface area contributed by atoms with Crippen LogP contribution in [0.1, 0.15) is 22.3 Å². The number of fused-ring (bicyclic) bond motifs is 12. The molecule has 0 fully saturated rings. The Labute approximate surface area is 404 Å². The zero-order valence-electron chi connectivity index (χ0n) is 38.1. The van der Waals surface area contributed by atoms with Crippen LogP contribution in [0.15, 0.2) is 259 Å². The van der Waals surface area contributed by atoms with Crippen LogP contribution in [0, 0.1) is 0 Å². The third-order valence-electron chi connectivity index (χ3n) is 15.2. The van der Waals surface area contributed by atoms with Crippen LogP contribution in [0.3, 0.4) is 0 Å². The summed E-state index contributed by atoms with van der Waals surface area (Å²) < 4.78 is 11.2. The summed E-state index contributed by atoms with van der Waals surface area (Å²) in [6, 6.07) is 93.8. The van der Waals surface area contributed by atoms with Crippen LogP contribution in [0.5, 0.6) is 0 Å².